The summed E-state index contributed by atoms with van der Waals surface area (Å²) in [5.41, 5.74) is 3.42. The molecule has 5 heteroatoms. The lowest BCUT2D eigenvalue weighted by atomic mass is 9.91. The second-order valence-corrected chi connectivity index (χ2v) is 6.85. The average molecular weight is 355 g/mol. The third-order valence-electron chi connectivity index (χ3n) is 4.79. The molecule has 1 fully saturated rings. The first kappa shape index (κ1) is 16.3. The first-order chi connectivity index (χ1) is 12.2. The predicted molar refractivity (Wildman–Crippen MR) is 99.5 cm³/mol. The zero-order chi connectivity index (χ0) is 17.2. The number of benzodiazepines with no additional fused rings is 1. The Hall–Kier alpha value is -2.17. The second-order valence-electron chi connectivity index (χ2n) is 6.42. The van der Waals surface area contributed by atoms with Gasteiger partial charge in [-0.05, 0) is 37.0 Å². The number of nitrogens with zero attached hydrogens (tertiary/aromatic N) is 1. The zero-order valence-corrected chi connectivity index (χ0v) is 14.5. The quantitative estimate of drug-likeness (QED) is 0.888. The van der Waals surface area contributed by atoms with Crippen molar-refractivity contribution in [2.75, 3.05) is 18.5 Å². The molecule has 0 saturated carbocycles. The number of anilines is 1. The van der Waals surface area contributed by atoms with Crippen molar-refractivity contribution in [2.45, 2.75) is 18.9 Å². The van der Waals surface area contributed by atoms with Gasteiger partial charge in [-0.3, -0.25) is 9.79 Å². The van der Waals surface area contributed by atoms with Crippen LogP contribution in [0.1, 0.15) is 24.0 Å². The van der Waals surface area contributed by atoms with Crippen molar-refractivity contribution in [3.63, 3.8) is 0 Å². The number of ether oxygens (including phenoxy) is 1. The molecular weight excluding hydrogens is 336 g/mol. The Morgan fingerprint density at radius 1 is 1.08 bits per heavy atom. The highest BCUT2D eigenvalue weighted by molar-refractivity contribution is 6.32. The molecule has 2 aromatic carbocycles. The lowest BCUT2D eigenvalue weighted by Gasteiger charge is -2.26. The Bertz CT molecular complexity index is 814. The van der Waals surface area contributed by atoms with Crippen LogP contribution in [0.5, 0.6) is 0 Å². The van der Waals surface area contributed by atoms with E-state index >= 15 is 0 Å². The fourth-order valence-electron chi connectivity index (χ4n) is 3.47. The molecular formula is C20H19ClN2O2. The van der Waals surface area contributed by atoms with Crippen molar-refractivity contribution in [2.24, 2.45) is 10.9 Å². The van der Waals surface area contributed by atoms with Gasteiger partial charge in [0, 0.05) is 29.4 Å². The van der Waals surface area contributed by atoms with Gasteiger partial charge in [0.15, 0.2) is 0 Å². The Kier molecular flexibility index (Phi) is 4.55. The number of carbonyl (C=O) groups excluding carboxylic acids is 1. The van der Waals surface area contributed by atoms with E-state index in [1.807, 2.05) is 42.5 Å². The van der Waals surface area contributed by atoms with Crippen LogP contribution in [0, 0.1) is 5.92 Å². The van der Waals surface area contributed by atoms with E-state index in [-0.39, 0.29) is 11.8 Å². The first-order valence-corrected chi connectivity index (χ1v) is 8.92. The fourth-order valence-corrected chi connectivity index (χ4v) is 3.64. The van der Waals surface area contributed by atoms with E-state index in [0.29, 0.717) is 18.2 Å². The van der Waals surface area contributed by atoms with Crippen molar-refractivity contribution in [3.05, 3.63) is 64.7 Å². The molecule has 0 bridgehead atoms. The molecule has 4 rings (SSSR count). The lowest BCUT2D eigenvalue weighted by molar-refractivity contribution is -0.119. The summed E-state index contributed by atoms with van der Waals surface area (Å²) in [5, 5.41) is 3.67. The Balaban J connectivity index is 1.84. The number of nitrogens with one attached hydrogen (secondary N) is 1. The van der Waals surface area contributed by atoms with E-state index in [0.717, 1.165) is 35.4 Å². The molecule has 1 unspecified atom stereocenters. The maximum atomic E-state index is 12.8. The van der Waals surface area contributed by atoms with E-state index in [1.165, 1.54) is 0 Å². The molecule has 128 valence electrons. The number of aliphatic imine (C=N–C) groups is 1. The molecule has 0 aromatic heterocycles. The summed E-state index contributed by atoms with van der Waals surface area (Å²) in [6.07, 6.45) is 1.70. The summed E-state index contributed by atoms with van der Waals surface area (Å²) < 4.78 is 5.45. The van der Waals surface area contributed by atoms with Crippen molar-refractivity contribution < 1.29 is 9.53 Å². The van der Waals surface area contributed by atoms with Crippen LogP contribution in [0.3, 0.4) is 0 Å². The Morgan fingerprint density at radius 3 is 2.60 bits per heavy atom. The predicted octanol–water partition coefficient (Wildman–Crippen LogP) is 3.92. The third-order valence-corrected chi connectivity index (χ3v) is 5.03. The number of halogens is 1. The molecule has 2 aromatic rings. The second kappa shape index (κ2) is 6.98. The van der Waals surface area contributed by atoms with Crippen molar-refractivity contribution in [1.29, 1.82) is 0 Å². The van der Waals surface area contributed by atoms with Crippen molar-refractivity contribution in [3.8, 4) is 0 Å². The highest BCUT2D eigenvalue weighted by atomic mass is 35.5. The minimum absolute atomic E-state index is 0.0543. The number of fused-ring (bicyclic) bond motifs is 1. The number of amides is 1. The number of benzene rings is 2. The monoisotopic (exact) mass is 354 g/mol. The molecule has 2 heterocycles. The van der Waals surface area contributed by atoms with Crippen LogP contribution in [0.25, 0.3) is 0 Å². The molecule has 0 radical (unpaired) electrons. The van der Waals surface area contributed by atoms with E-state index in [9.17, 15) is 4.79 Å². The van der Waals surface area contributed by atoms with Gasteiger partial charge in [0.05, 0.1) is 11.4 Å². The van der Waals surface area contributed by atoms with Gasteiger partial charge in [0.25, 0.3) is 0 Å². The molecule has 4 nitrogen and oxygen atoms in total. The SMILES string of the molecule is O=C1Nc2ccc(Cl)cc2C(c2ccccc2)=NC1C1CCOCC1. The molecule has 25 heavy (non-hydrogen) atoms. The molecule has 2 aliphatic heterocycles. The van der Waals surface area contributed by atoms with Crippen LogP contribution in [0.15, 0.2) is 53.5 Å². The number of hydrogen-bond acceptors (Lipinski definition) is 3. The molecule has 1 amide bonds. The Labute approximate surface area is 151 Å². The van der Waals surface area contributed by atoms with Crippen LogP contribution >= 0.6 is 11.6 Å². The van der Waals surface area contributed by atoms with Gasteiger partial charge in [-0.25, -0.2) is 0 Å². The molecule has 0 aliphatic carbocycles. The van der Waals surface area contributed by atoms with Gasteiger partial charge >= 0.3 is 0 Å². The topological polar surface area (TPSA) is 50.7 Å². The maximum absolute atomic E-state index is 12.8. The normalized spacial score (nSPS) is 21.1. The third kappa shape index (κ3) is 3.32. The summed E-state index contributed by atoms with van der Waals surface area (Å²) in [5.74, 6) is 0.138. The summed E-state index contributed by atoms with van der Waals surface area (Å²) in [6, 6.07) is 15.1. The minimum atomic E-state index is -0.412. The van der Waals surface area contributed by atoms with Gasteiger partial charge in [-0.2, -0.15) is 0 Å². The van der Waals surface area contributed by atoms with Gasteiger partial charge in [0.1, 0.15) is 6.04 Å². The highest BCUT2D eigenvalue weighted by Crippen LogP contribution is 2.31. The Morgan fingerprint density at radius 2 is 1.84 bits per heavy atom. The van der Waals surface area contributed by atoms with Crippen molar-refractivity contribution >= 4 is 28.9 Å². The molecule has 1 saturated heterocycles. The first-order valence-electron chi connectivity index (χ1n) is 8.54. The lowest BCUT2D eigenvalue weighted by Crippen LogP contribution is -2.36. The van der Waals surface area contributed by atoms with Crippen LogP contribution < -0.4 is 5.32 Å². The summed E-state index contributed by atoms with van der Waals surface area (Å²) in [7, 11) is 0. The molecule has 0 spiro atoms. The number of hydrogen-bond donors (Lipinski definition) is 1. The number of carbonyl (C=O) groups is 1. The minimum Gasteiger partial charge on any atom is -0.381 e. The fraction of sp³-hybridized carbons (Fsp3) is 0.300. The standard InChI is InChI=1S/C20H19ClN2O2/c21-15-6-7-17-16(12-15)18(13-4-2-1-3-5-13)23-19(20(24)22-17)14-8-10-25-11-9-14/h1-7,12,14,19H,8-11H2,(H,22,24). The largest absolute Gasteiger partial charge is 0.381 e. The van der Waals surface area contributed by atoms with Gasteiger partial charge in [-0.15, -0.1) is 0 Å². The van der Waals surface area contributed by atoms with E-state index < -0.39 is 6.04 Å². The van der Waals surface area contributed by atoms with Gasteiger partial charge < -0.3 is 10.1 Å². The highest BCUT2D eigenvalue weighted by Gasteiger charge is 2.33. The smallest absolute Gasteiger partial charge is 0.249 e. The summed E-state index contributed by atoms with van der Waals surface area (Å²) in [6.45, 7) is 1.37. The van der Waals surface area contributed by atoms with Gasteiger partial charge in [-0.1, -0.05) is 41.9 Å². The zero-order valence-electron chi connectivity index (χ0n) is 13.7. The molecule has 1 N–H and O–H groups in total. The average Bonchev–Trinajstić information content (AvgIpc) is 2.79. The van der Waals surface area contributed by atoms with Crippen LogP contribution in [0.4, 0.5) is 5.69 Å². The maximum Gasteiger partial charge on any atom is 0.249 e. The van der Waals surface area contributed by atoms with E-state index in [2.05, 4.69) is 5.32 Å². The summed E-state index contributed by atoms with van der Waals surface area (Å²) >= 11 is 6.22. The number of rotatable bonds is 2. The van der Waals surface area contributed by atoms with Gasteiger partial charge in [0.2, 0.25) is 5.91 Å². The van der Waals surface area contributed by atoms with E-state index in [1.54, 1.807) is 6.07 Å². The van der Waals surface area contributed by atoms with Crippen molar-refractivity contribution in [1.82, 2.24) is 0 Å². The van der Waals surface area contributed by atoms with Crippen LogP contribution in [-0.2, 0) is 9.53 Å². The molecule has 2 aliphatic rings. The van der Waals surface area contributed by atoms with Crippen LogP contribution in [0.2, 0.25) is 5.02 Å². The van der Waals surface area contributed by atoms with Crippen LogP contribution in [-0.4, -0.2) is 30.9 Å². The van der Waals surface area contributed by atoms with E-state index in [4.69, 9.17) is 21.3 Å². The summed E-state index contributed by atoms with van der Waals surface area (Å²) in [4.78, 5) is 17.8. The molecule has 1 atom stereocenters.